The van der Waals surface area contributed by atoms with E-state index in [9.17, 15) is 18.0 Å². The lowest BCUT2D eigenvalue weighted by Gasteiger charge is -2.46. The Hall–Kier alpha value is -3.32. The summed E-state index contributed by atoms with van der Waals surface area (Å²) in [6.07, 6.45) is 7.47. The number of benzene rings is 2. The van der Waals surface area contributed by atoms with Crippen LogP contribution in [0, 0.1) is 11.8 Å². The highest BCUT2D eigenvalue weighted by Gasteiger charge is 2.45. The lowest BCUT2D eigenvalue weighted by Crippen LogP contribution is -2.52. The number of fused-ring (bicyclic) bond motifs is 4. The Morgan fingerprint density at radius 1 is 1.08 bits per heavy atom. The van der Waals surface area contributed by atoms with Gasteiger partial charge in [-0.25, -0.2) is 17.9 Å². The molecule has 2 fully saturated rings. The third-order valence-corrected chi connectivity index (χ3v) is 13.4. The minimum atomic E-state index is -4.24. The zero-order valence-corrected chi connectivity index (χ0v) is 32.2. The summed E-state index contributed by atoms with van der Waals surface area (Å²) >= 11 is 6.45. The van der Waals surface area contributed by atoms with Gasteiger partial charge in [0.1, 0.15) is 17.5 Å². The minimum Gasteiger partial charge on any atom is -0.490 e. The van der Waals surface area contributed by atoms with Gasteiger partial charge in [0.2, 0.25) is 0 Å². The molecule has 2 aromatic rings. The van der Waals surface area contributed by atoms with E-state index in [0.29, 0.717) is 55.3 Å². The van der Waals surface area contributed by atoms with E-state index in [1.807, 2.05) is 12.1 Å². The summed E-state index contributed by atoms with van der Waals surface area (Å²) in [7, 11) is -4.24. The maximum absolute atomic E-state index is 13.7. The highest BCUT2D eigenvalue weighted by Crippen LogP contribution is 2.47. The largest absolute Gasteiger partial charge is 0.490 e. The van der Waals surface area contributed by atoms with E-state index in [0.717, 1.165) is 45.2 Å². The van der Waals surface area contributed by atoms with Gasteiger partial charge >= 0.3 is 6.09 Å². The number of sulfonamides is 1. The first-order valence-electron chi connectivity index (χ1n) is 18.6. The lowest BCUT2D eigenvalue weighted by atomic mass is 9.68. The number of hydrogen-bond acceptors (Lipinski definition) is 9. The van der Waals surface area contributed by atoms with Gasteiger partial charge in [0, 0.05) is 61.7 Å². The number of aryl methyl sites for hydroxylation is 1. The number of rotatable bonds is 2. The molecule has 282 valence electrons. The van der Waals surface area contributed by atoms with Crippen molar-refractivity contribution in [2.45, 2.75) is 87.9 Å². The van der Waals surface area contributed by atoms with Crippen LogP contribution >= 0.6 is 11.6 Å². The molecule has 3 heterocycles. The number of amides is 2. The first-order valence-corrected chi connectivity index (χ1v) is 20.5. The highest BCUT2D eigenvalue weighted by atomic mass is 35.5. The molecule has 5 aliphatic rings. The van der Waals surface area contributed by atoms with Crippen molar-refractivity contribution >= 4 is 39.3 Å². The molecule has 4 atom stereocenters. The summed E-state index contributed by atoms with van der Waals surface area (Å²) < 4.78 is 48.4. The molecule has 2 aliphatic carbocycles. The van der Waals surface area contributed by atoms with E-state index in [4.69, 9.17) is 25.8 Å². The Balaban J connectivity index is 1.24. The molecular weight excluding hydrogens is 704 g/mol. The van der Waals surface area contributed by atoms with E-state index < -0.39 is 27.6 Å². The van der Waals surface area contributed by atoms with Gasteiger partial charge in [-0.05, 0) is 113 Å². The number of anilines is 1. The van der Waals surface area contributed by atoms with E-state index in [-0.39, 0.29) is 34.8 Å². The highest BCUT2D eigenvalue weighted by molar-refractivity contribution is 7.90. The van der Waals surface area contributed by atoms with E-state index in [2.05, 4.69) is 40.5 Å². The van der Waals surface area contributed by atoms with Crippen molar-refractivity contribution in [3.05, 3.63) is 64.7 Å². The number of piperazine rings is 1. The molecule has 52 heavy (non-hydrogen) atoms. The number of hydrogen-bond donors (Lipinski definition) is 1. The van der Waals surface area contributed by atoms with Crippen LogP contribution in [0.25, 0.3) is 0 Å². The molecule has 2 aromatic carbocycles. The molecule has 2 bridgehead atoms. The molecule has 3 aliphatic heterocycles. The SMILES string of the molecule is CC(C)N1CCN(C(=O)O[C@H]2/C=C\COC(C)(C)C(=O)NS(=O)(=O)c3ccc4c(c3)N(C[C@@H]3CC[C@H]32)C[C@@]2(CCCc3cc(Cl)ccc32)CO4)CC1. The summed E-state index contributed by atoms with van der Waals surface area (Å²) in [5.41, 5.74) is 1.28. The Bertz CT molecular complexity index is 1830. The molecular formula is C39H51ClN4O7S. The zero-order chi connectivity index (χ0) is 36.8. The number of ether oxygens (including phenoxy) is 3. The maximum Gasteiger partial charge on any atom is 0.410 e. The van der Waals surface area contributed by atoms with Crippen LogP contribution in [-0.2, 0) is 36.1 Å². The Morgan fingerprint density at radius 3 is 2.60 bits per heavy atom. The summed E-state index contributed by atoms with van der Waals surface area (Å²) in [5, 5.41) is 0.705. The predicted molar refractivity (Wildman–Crippen MR) is 199 cm³/mol. The Morgan fingerprint density at radius 2 is 1.87 bits per heavy atom. The molecule has 0 unspecified atom stereocenters. The monoisotopic (exact) mass is 754 g/mol. The van der Waals surface area contributed by atoms with E-state index in [1.54, 1.807) is 23.1 Å². The molecule has 7 rings (SSSR count). The summed E-state index contributed by atoms with van der Waals surface area (Å²) in [5.74, 6) is -0.00148. The number of halogens is 1. The number of nitrogens with zero attached hydrogens (tertiary/aromatic N) is 3. The predicted octanol–water partition coefficient (Wildman–Crippen LogP) is 5.54. The van der Waals surface area contributed by atoms with Crippen LogP contribution in [0.1, 0.15) is 64.5 Å². The van der Waals surface area contributed by atoms with Crippen molar-refractivity contribution in [3.63, 3.8) is 0 Å². The van der Waals surface area contributed by atoms with Gasteiger partial charge in [-0.15, -0.1) is 0 Å². The molecule has 1 saturated heterocycles. The van der Waals surface area contributed by atoms with Gasteiger partial charge in [-0.2, -0.15) is 0 Å². The fourth-order valence-electron chi connectivity index (χ4n) is 8.49. The molecule has 1 saturated carbocycles. The molecule has 11 nitrogen and oxygen atoms in total. The van der Waals surface area contributed by atoms with Crippen molar-refractivity contribution < 1.29 is 32.2 Å². The minimum absolute atomic E-state index is 0.0303. The second-order valence-corrected chi connectivity index (χ2v) is 18.0. The van der Waals surface area contributed by atoms with Gasteiger partial charge in [0.25, 0.3) is 15.9 Å². The molecule has 2 amide bonds. The summed E-state index contributed by atoms with van der Waals surface area (Å²) in [4.78, 5) is 33.4. The third kappa shape index (κ3) is 7.41. The Labute approximate surface area is 312 Å². The van der Waals surface area contributed by atoms with Crippen molar-refractivity contribution in [3.8, 4) is 5.75 Å². The van der Waals surface area contributed by atoms with Crippen LogP contribution in [0.2, 0.25) is 5.02 Å². The molecule has 0 aromatic heterocycles. The first-order chi connectivity index (χ1) is 24.7. The van der Waals surface area contributed by atoms with E-state index >= 15 is 0 Å². The number of carbonyl (C=O) groups excluding carboxylic acids is 2. The first kappa shape index (κ1) is 37.0. The van der Waals surface area contributed by atoms with Crippen LogP contribution in [0.4, 0.5) is 10.5 Å². The van der Waals surface area contributed by atoms with Crippen molar-refractivity contribution in [1.82, 2.24) is 14.5 Å². The maximum atomic E-state index is 13.7. The van der Waals surface area contributed by atoms with E-state index in [1.165, 1.54) is 31.0 Å². The van der Waals surface area contributed by atoms with Gasteiger partial charge in [0.05, 0.1) is 23.8 Å². The van der Waals surface area contributed by atoms with Gasteiger partial charge in [0.15, 0.2) is 0 Å². The fraction of sp³-hybridized carbons (Fsp3) is 0.590. The number of carbonyl (C=O) groups is 2. The van der Waals surface area contributed by atoms with Crippen LogP contribution in [-0.4, -0.2) is 100 Å². The average Bonchev–Trinajstić information content (AvgIpc) is 3.24. The van der Waals surface area contributed by atoms with Crippen molar-refractivity contribution in [2.75, 3.05) is 57.4 Å². The fourth-order valence-corrected chi connectivity index (χ4v) is 9.81. The topological polar surface area (TPSA) is 118 Å². The van der Waals surface area contributed by atoms with Crippen LogP contribution in [0.3, 0.4) is 0 Å². The quantitative estimate of drug-likeness (QED) is 0.395. The second-order valence-electron chi connectivity index (χ2n) is 15.9. The molecule has 0 radical (unpaired) electrons. The average molecular weight is 755 g/mol. The second kappa shape index (κ2) is 14.5. The lowest BCUT2D eigenvalue weighted by molar-refractivity contribution is -0.139. The summed E-state index contributed by atoms with van der Waals surface area (Å²) in [6, 6.07) is 11.3. The number of nitrogens with one attached hydrogen (secondary N) is 1. The van der Waals surface area contributed by atoms with Gasteiger partial charge in [-0.1, -0.05) is 23.7 Å². The van der Waals surface area contributed by atoms with Crippen molar-refractivity contribution in [1.29, 1.82) is 0 Å². The summed E-state index contributed by atoms with van der Waals surface area (Å²) in [6.45, 7) is 11.9. The zero-order valence-electron chi connectivity index (χ0n) is 30.6. The standard InChI is InChI=1S/C39H51ClN4O7S/c1-26(2)42-16-18-43(19-17-42)37(46)51-34-8-6-20-50-38(3,4)36(45)41-52(47,48)30-11-14-35-33(22-30)44(23-28-9-12-31(28)34)24-39(25-49-35)15-5-7-27-21-29(40)10-13-32(27)39/h6,8,10-11,13-14,21-22,26,28,31,34H,5,7,9,12,15-20,23-25H2,1-4H3,(H,41,45)/b8-6-/t28-,31+,34-,39-/m0/s1. The Kier molecular flexibility index (Phi) is 10.3. The van der Waals surface area contributed by atoms with Gasteiger partial charge < -0.3 is 24.0 Å². The van der Waals surface area contributed by atoms with Crippen molar-refractivity contribution in [2.24, 2.45) is 11.8 Å². The van der Waals surface area contributed by atoms with Crippen LogP contribution < -0.4 is 14.4 Å². The molecule has 1 spiro atoms. The van der Waals surface area contributed by atoms with Gasteiger partial charge in [-0.3, -0.25) is 9.69 Å². The van der Waals surface area contributed by atoms with Crippen LogP contribution in [0.5, 0.6) is 5.75 Å². The molecule has 13 heteroatoms. The van der Waals surface area contributed by atoms with Crippen LogP contribution in [0.15, 0.2) is 53.4 Å². The molecule has 1 N–H and O–H groups in total. The third-order valence-electron chi connectivity index (χ3n) is 11.9. The smallest absolute Gasteiger partial charge is 0.410 e. The normalized spacial score (nSPS) is 29.5.